The third-order valence-electron chi connectivity index (χ3n) is 4.40. The van der Waals surface area contributed by atoms with E-state index in [9.17, 15) is 9.18 Å². The van der Waals surface area contributed by atoms with E-state index >= 15 is 4.39 Å². The number of nitrogens with zero attached hydrogens (tertiary/aromatic N) is 2. The van der Waals surface area contributed by atoms with Gasteiger partial charge in [-0.3, -0.25) is 5.32 Å². The maximum Gasteiger partial charge on any atom is 0.412 e. The van der Waals surface area contributed by atoms with Crippen molar-refractivity contribution < 1.29 is 18.3 Å². The van der Waals surface area contributed by atoms with E-state index in [1.165, 1.54) is 18.3 Å². The third-order valence-corrected chi connectivity index (χ3v) is 4.40. The fraction of sp³-hybridized carbons (Fsp3) is 0.261. The molecular weight excluding hydrogens is 388 g/mol. The van der Waals surface area contributed by atoms with Gasteiger partial charge in [0.25, 0.3) is 0 Å². The molecule has 0 unspecified atom stereocenters. The Morgan fingerprint density at radius 3 is 2.47 bits per heavy atom. The highest BCUT2D eigenvalue weighted by Crippen LogP contribution is 2.33. The van der Waals surface area contributed by atoms with Gasteiger partial charge in [-0.25, -0.2) is 13.6 Å². The number of ether oxygens (including phenoxy) is 1. The second-order valence-electron chi connectivity index (χ2n) is 7.88. The Balaban J connectivity index is 2.08. The van der Waals surface area contributed by atoms with Crippen molar-refractivity contribution >= 4 is 11.8 Å². The minimum Gasteiger partial charge on any atom is -0.444 e. The standard InChI is InChI=1S/C23H23F2N3O2/c1-14-16(11-12-26-28-14)17-9-10-20(27-22(29)30-23(2,3)4)21(25)18(17)13-15-7-5-6-8-19(15)24/h5-12H,13H2,1-4H3,(H,27,29). The molecule has 0 aliphatic carbocycles. The number of benzene rings is 2. The van der Waals surface area contributed by atoms with Crippen molar-refractivity contribution in [3.63, 3.8) is 0 Å². The Bertz CT molecular complexity index is 1080. The summed E-state index contributed by atoms with van der Waals surface area (Å²) in [7, 11) is 0. The summed E-state index contributed by atoms with van der Waals surface area (Å²) in [6.45, 7) is 6.92. The molecule has 1 heterocycles. The number of anilines is 1. The molecule has 1 amide bonds. The van der Waals surface area contributed by atoms with Crippen molar-refractivity contribution in [2.45, 2.75) is 39.7 Å². The predicted octanol–water partition coefficient (Wildman–Crippen LogP) is 5.67. The van der Waals surface area contributed by atoms with E-state index in [1.54, 1.807) is 58.0 Å². The minimum absolute atomic E-state index is 0.000554. The van der Waals surface area contributed by atoms with E-state index in [1.807, 2.05) is 0 Å². The van der Waals surface area contributed by atoms with E-state index in [4.69, 9.17) is 4.74 Å². The highest BCUT2D eigenvalue weighted by molar-refractivity contribution is 5.86. The minimum atomic E-state index is -0.771. The Morgan fingerprint density at radius 2 is 1.80 bits per heavy atom. The lowest BCUT2D eigenvalue weighted by Gasteiger charge is -2.21. The largest absolute Gasteiger partial charge is 0.444 e. The molecule has 0 saturated heterocycles. The number of aromatic nitrogens is 2. The summed E-state index contributed by atoms with van der Waals surface area (Å²) in [5.74, 6) is -1.09. The van der Waals surface area contributed by atoms with Gasteiger partial charge >= 0.3 is 6.09 Å². The van der Waals surface area contributed by atoms with Gasteiger partial charge < -0.3 is 4.74 Å². The maximum absolute atomic E-state index is 15.5. The average molecular weight is 411 g/mol. The maximum atomic E-state index is 15.5. The smallest absolute Gasteiger partial charge is 0.412 e. The van der Waals surface area contributed by atoms with Crippen LogP contribution in [0.25, 0.3) is 11.1 Å². The van der Waals surface area contributed by atoms with Gasteiger partial charge in [0.15, 0.2) is 5.82 Å². The highest BCUT2D eigenvalue weighted by atomic mass is 19.1. The van der Waals surface area contributed by atoms with E-state index in [0.29, 0.717) is 22.4 Å². The summed E-state index contributed by atoms with van der Waals surface area (Å²) in [5.41, 5.74) is 1.66. The molecule has 0 spiro atoms. The molecular formula is C23H23F2N3O2. The molecule has 1 N–H and O–H groups in total. The molecule has 0 bridgehead atoms. The number of hydrogen-bond acceptors (Lipinski definition) is 4. The third kappa shape index (κ3) is 4.97. The first-order valence-corrected chi connectivity index (χ1v) is 9.49. The molecule has 0 fully saturated rings. The number of halogens is 2. The van der Waals surface area contributed by atoms with Crippen molar-refractivity contribution in [2.75, 3.05) is 5.32 Å². The van der Waals surface area contributed by atoms with Crippen LogP contribution in [0.1, 0.15) is 37.6 Å². The van der Waals surface area contributed by atoms with Crippen LogP contribution in [0.2, 0.25) is 0 Å². The van der Waals surface area contributed by atoms with Crippen molar-refractivity contribution in [2.24, 2.45) is 0 Å². The number of amides is 1. The molecule has 0 aliphatic heterocycles. The second-order valence-corrected chi connectivity index (χ2v) is 7.88. The molecule has 0 saturated carbocycles. The van der Waals surface area contributed by atoms with E-state index in [-0.39, 0.29) is 17.7 Å². The van der Waals surface area contributed by atoms with Crippen molar-refractivity contribution in [3.05, 3.63) is 77.1 Å². The topological polar surface area (TPSA) is 64.1 Å². The lowest BCUT2D eigenvalue weighted by molar-refractivity contribution is 0.0635. The Morgan fingerprint density at radius 1 is 1.07 bits per heavy atom. The molecule has 3 aromatic rings. The Kier molecular flexibility index (Phi) is 6.10. The number of carbonyl (C=O) groups excluding carboxylic acids is 1. The first-order chi connectivity index (χ1) is 14.2. The van der Waals surface area contributed by atoms with E-state index in [2.05, 4.69) is 15.5 Å². The van der Waals surface area contributed by atoms with Gasteiger partial charge in [-0.15, -0.1) is 0 Å². The summed E-state index contributed by atoms with van der Waals surface area (Å²) in [4.78, 5) is 12.1. The van der Waals surface area contributed by atoms with Crippen LogP contribution in [0.15, 0.2) is 48.7 Å². The molecule has 0 atom stereocenters. The van der Waals surface area contributed by atoms with Crippen LogP contribution in [0.5, 0.6) is 0 Å². The van der Waals surface area contributed by atoms with Gasteiger partial charge in [0.05, 0.1) is 17.6 Å². The molecule has 7 heteroatoms. The number of rotatable bonds is 4. The number of nitrogens with one attached hydrogen (secondary N) is 1. The lowest BCUT2D eigenvalue weighted by atomic mass is 9.93. The molecule has 30 heavy (non-hydrogen) atoms. The van der Waals surface area contributed by atoms with E-state index < -0.39 is 23.3 Å². The summed E-state index contributed by atoms with van der Waals surface area (Å²) in [6, 6.07) is 11.1. The average Bonchev–Trinajstić information content (AvgIpc) is 2.66. The fourth-order valence-corrected chi connectivity index (χ4v) is 3.08. The van der Waals surface area contributed by atoms with Gasteiger partial charge in [0.2, 0.25) is 0 Å². The van der Waals surface area contributed by atoms with Gasteiger partial charge in [-0.1, -0.05) is 24.3 Å². The van der Waals surface area contributed by atoms with Gasteiger partial charge in [0.1, 0.15) is 11.4 Å². The molecule has 156 valence electrons. The summed E-state index contributed by atoms with van der Waals surface area (Å²) >= 11 is 0. The zero-order valence-corrected chi connectivity index (χ0v) is 17.3. The van der Waals surface area contributed by atoms with Crippen LogP contribution in [0.4, 0.5) is 19.3 Å². The SMILES string of the molecule is Cc1nnccc1-c1ccc(NC(=O)OC(C)(C)C)c(F)c1Cc1ccccc1F. The van der Waals surface area contributed by atoms with Crippen molar-refractivity contribution in [3.8, 4) is 11.1 Å². The zero-order valence-electron chi connectivity index (χ0n) is 17.3. The lowest BCUT2D eigenvalue weighted by Crippen LogP contribution is -2.27. The highest BCUT2D eigenvalue weighted by Gasteiger charge is 2.21. The molecule has 3 rings (SSSR count). The molecule has 2 aromatic carbocycles. The predicted molar refractivity (Wildman–Crippen MR) is 111 cm³/mol. The number of aryl methyl sites for hydroxylation is 1. The van der Waals surface area contributed by atoms with Crippen LogP contribution >= 0.6 is 0 Å². The quantitative estimate of drug-likeness (QED) is 0.601. The normalized spacial score (nSPS) is 11.3. The first kappa shape index (κ1) is 21.4. The van der Waals surface area contributed by atoms with Crippen LogP contribution in [-0.4, -0.2) is 21.9 Å². The molecule has 1 aromatic heterocycles. The van der Waals surface area contributed by atoms with Gasteiger partial charge in [-0.05, 0) is 57.0 Å². The molecule has 5 nitrogen and oxygen atoms in total. The summed E-state index contributed by atoms with van der Waals surface area (Å²) in [6.07, 6.45) is 0.743. The fourth-order valence-electron chi connectivity index (χ4n) is 3.08. The van der Waals surface area contributed by atoms with Crippen molar-refractivity contribution in [1.29, 1.82) is 0 Å². The van der Waals surface area contributed by atoms with Crippen LogP contribution in [-0.2, 0) is 11.2 Å². The zero-order chi connectivity index (χ0) is 21.9. The summed E-state index contributed by atoms with van der Waals surface area (Å²) in [5, 5.41) is 10.3. The monoisotopic (exact) mass is 411 g/mol. The van der Waals surface area contributed by atoms with Gasteiger partial charge in [0, 0.05) is 17.5 Å². The summed E-state index contributed by atoms with van der Waals surface area (Å²) < 4.78 is 35.0. The van der Waals surface area contributed by atoms with Gasteiger partial charge in [-0.2, -0.15) is 10.2 Å². The molecule has 0 radical (unpaired) electrons. The van der Waals surface area contributed by atoms with Crippen LogP contribution in [0, 0.1) is 18.6 Å². The Hall–Kier alpha value is -3.35. The second kappa shape index (κ2) is 8.57. The van der Waals surface area contributed by atoms with Crippen LogP contribution < -0.4 is 5.32 Å². The molecule has 0 aliphatic rings. The first-order valence-electron chi connectivity index (χ1n) is 9.49. The van der Waals surface area contributed by atoms with E-state index in [0.717, 1.165) is 0 Å². The number of carbonyl (C=O) groups is 1. The van der Waals surface area contributed by atoms with Crippen LogP contribution in [0.3, 0.4) is 0 Å². The van der Waals surface area contributed by atoms with Crippen molar-refractivity contribution in [1.82, 2.24) is 10.2 Å². The number of hydrogen-bond donors (Lipinski definition) is 1. The Labute approximate surface area is 174 Å².